The number of nitrogens with two attached hydrogens (primary N) is 1. The molecule has 0 spiro atoms. The molecule has 0 radical (unpaired) electrons. The first-order chi connectivity index (χ1) is 8.70. The Morgan fingerprint density at radius 3 is 2.67 bits per heavy atom. The maximum absolute atomic E-state index is 5.96. The minimum atomic E-state index is 0.729. The van der Waals surface area contributed by atoms with Gasteiger partial charge in [-0.1, -0.05) is 23.7 Å². The summed E-state index contributed by atoms with van der Waals surface area (Å²) in [4.78, 5) is 4.59. The molecule has 0 amide bonds. The van der Waals surface area contributed by atoms with Gasteiger partial charge < -0.3 is 5.73 Å². The second-order valence-corrected chi connectivity index (χ2v) is 5.69. The number of hydrogen-bond acceptors (Lipinski definition) is 3. The van der Waals surface area contributed by atoms with Gasteiger partial charge in [0, 0.05) is 17.1 Å². The molecular formula is C14H11ClN2S. The van der Waals surface area contributed by atoms with Crippen molar-refractivity contribution in [1.82, 2.24) is 4.98 Å². The van der Waals surface area contributed by atoms with Gasteiger partial charge in [0.15, 0.2) is 0 Å². The molecule has 2 N–H and O–H groups in total. The quantitative estimate of drug-likeness (QED) is 0.714. The largest absolute Gasteiger partial charge is 0.399 e. The number of halogens is 1. The highest BCUT2D eigenvalue weighted by atomic mass is 35.5. The standard InChI is InChI=1S/C14H11ClN2S/c15-10-3-6-13-12(8-10)17-14(18-13)7-9-1-4-11(16)5-2-9/h1-6,8H,7,16H2. The zero-order chi connectivity index (χ0) is 12.5. The van der Waals surface area contributed by atoms with Gasteiger partial charge in [-0.25, -0.2) is 4.98 Å². The third kappa shape index (κ3) is 2.33. The number of aromatic nitrogens is 1. The Labute approximate surface area is 114 Å². The van der Waals surface area contributed by atoms with Crippen LogP contribution in [0.4, 0.5) is 5.69 Å². The molecule has 0 aliphatic rings. The van der Waals surface area contributed by atoms with Gasteiger partial charge in [0.25, 0.3) is 0 Å². The third-order valence-electron chi connectivity index (χ3n) is 2.73. The summed E-state index contributed by atoms with van der Waals surface area (Å²) < 4.78 is 1.17. The van der Waals surface area contributed by atoms with Gasteiger partial charge in [-0.2, -0.15) is 0 Å². The first-order valence-corrected chi connectivity index (χ1v) is 6.79. The summed E-state index contributed by atoms with van der Waals surface area (Å²) in [5.74, 6) is 0. The smallest absolute Gasteiger partial charge is 0.0982 e. The molecular weight excluding hydrogens is 264 g/mol. The maximum atomic E-state index is 5.96. The van der Waals surface area contributed by atoms with Crippen molar-refractivity contribution in [2.24, 2.45) is 0 Å². The summed E-state index contributed by atoms with van der Waals surface area (Å²) in [5.41, 5.74) is 8.64. The molecule has 2 aromatic carbocycles. The topological polar surface area (TPSA) is 38.9 Å². The summed E-state index contributed by atoms with van der Waals surface area (Å²) in [5, 5.41) is 1.82. The van der Waals surface area contributed by atoms with Gasteiger partial charge in [0.05, 0.1) is 15.2 Å². The van der Waals surface area contributed by atoms with Crippen molar-refractivity contribution >= 4 is 38.8 Å². The van der Waals surface area contributed by atoms with Crippen LogP contribution in [0.5, 0.6) is 0 Å². The zero-order valence-corrected chi connectivity index (χ0v) is 11.1. The van der Waals surface area contributed by atoms with Crippen LogP contribution in [0.15, 0.2) is 42.5 Å². The summed E-state index contributed by atoms with van der Waals surface area (Å²) in [6, 6.07) is 13.7. The SMILES string of the molecule is Nc1ccc(Cc2nc3cc(Cl)ccc3s2)cc1. The molecule has 0 fully saturated rings. The van der Waals surface area contributed by atoms with Gasteiger partial charge >= 0.3 is 0 Å². The van der Waals surface area contributed by atoms with Gasteiger partial charge in [-0.3, -0.25) is 0 Å². The highest BCUT2D eigenvalue weighted by Crippen LogP contribution is 2.26. The van der Waals surface area contributed by atoms with Crippen LogP contribution in [0.2, 0.25) is 5.02 Å². The number of anilines is 1. The second kappa shape index (κ2) is 4.59. The highest BCUT2D eigenvalue weighted by molar-refractivity contribution is 7.18. The minimum absolute atomic E-state index is 0.729. The van der Waals surface area contributed by atoms with Crippen molar-refractivity contribution in [2.75, 3.05) is 5.73 Å². The summed E-state index contributed by atoms with van der Waals surface area (Å²) >= 11 is 7.66. The van der Waals surface area contributed by atoms with Crippen LogP contribution in [0.25, 0.3) is 10.2 Å². The fraction of sp³-hybridized carbons (Fsp3) is 0.0714. The van der Waals surface area contributed by atoms with E-state index < -0.39 is 0 Å². The lowest BCUT2D eigenvalue weighted by molar-refractivity contribution is 1.16. The first-order valence-electron chi connectivity index (χ1n) is 5.60. The lowest BCUT2D eigenvalue weighted by Crippen LogP contribution is -1.88. The van der Waals surface area contributed by atoms with Crippen LogP contribution in [0.1, 0.15) is 10.6 Å². The van der Waals surface area contributed by atoms with Crippen molar-refractivity contribution in [1.29, 1.82) is 0 Å². The number of rotatable bonds is 2. The predicted octanol–water partition coefficient (Wildman–Crippen LogP) is 4.12. The van der Waals surface area contributed by atoms with E-state index in [9.17, 15) is 0 Å². The van der Waals surface area contributed by atoms with Crippen LogP contribution in [0, 0.1) is 0 Å². The maximum Gasteiger partial charge on any atom is 0.0982 e. The van der Waals surface area contributed by atoms with Crippen LogP contribution >= 0.6 is 22.9 Å². The fourth-order valence-electron chi connectivity index (χ4n) is 1.83. The molecule has 1 aromatic heterocycles. The van der Waals surface area contributed by atoms with Crippen LogP contribution < -0.4 is 5.73 Å². The summed E-state index contributed by atoms with van der Waals surface area (Å²) in [6.45, 7) is 0. The number of nitrogens with zero attached hydrogens (tertiary/aromatic N) is 1. The minimum Gasteiger partial charge on any atom is -0.399 e. The Morgan fingerprint density at radius 2 is 1.89 bits per heavy atom. The Hall–Kier alpha value is -1.58. The van der Waals surface area contributed by atoms with E-state index >= 15 is 0 Å². The monoisotopic (exact) mass is 274 g/mol. The number of fused-ring (bicyclic) bond motifs is 1. The predicted molar refractivity (Wildman–Crippen MR) is 78.3 cm³/mol. The summed E-state index contributed by atoms with van der Waals surface area (Å²) in [7, 11) is 0. The normalized spacial score (nSPS) is 10.9. The van der Waals surface area contributed by atoms with Crippen LogP contribution in [-0.2, 0) is 6.42 Å². The zero-order valence-electron chi connectivity index (χ0n) is 9.56. The second-order valence-electron chi connectivity index (χ2n) is 4.14. The van der Waals surface area contributed by atoms with E-state index in [1.54, 1.807) is 11.3 Å². The van der Waals surface area contributed by atoms with Crippen molar-refractivity contribution in [2.45, 2.75) is 6.42 Å². The molecule has 0 atom stereocenters. The molecule has 0 aliphatic carbocycles. The molecule has 1 heterocycles. The van der Waals surface area contributed by atoms with Gasteiger partial charge in [0.2, 0.25) is 0 Å². The molecule has 0 bridgehead atoms. The van der Waals surface area contributed by atoms with E-state index in [-0.39, 0.29) is 0 Å². The van der Waals surface area contributed by atoms with Gasteiger partial charge in [-0.05, 0) is 35.9 Å². The molecule has 3 rings (SSSR count). The Kier molecular flexibility index (Phi) is 2.94. The first kappa shape index (κ1) is 11.5. The molecule has 0 aliphatic heterocycles. The molecule has 0 unspecified atom stereocenters. The van der Waals surface area contributed by atoms with Crippen molar-refractivity contribution in [3.8, 4) is 0 Å². The van der Waals surface area contributed by atoms with E-state index in [1.807, 2.05) is 42.5 Å². The average Bonchev–Trinajstić information content (AvgIpc) is 2.73. The summed E-state index contributed by atoms with van der Waals surface area (Å²) in [6.07, 6.45) is 0.831. The third-order valence-corrected chi connectivity index (χ3v) is 4.00. The number of nitrogen functional groups attached to an aromatic ring is 1. The molecule has 90 valence electrons. The Bertz CT molecular complexity index is 689. The van der Waals surface area contributed by atoms with E-state index in [1.165, 1.54) is 10.3 Å². The van der Waals surface area contributed by atoms with Crippen LogP contribution in [0.3, 0.4) is 0 Å². The number of hydrogen-bond donors (Lipinski definition) is 1. The van der Waals surface area contributed by atoms with Crippen molar-refractivity contribution in [3.05, 3.63) is 58.1 Å². The molecule has 3 aromatic rings. The fourth-order valence-corrected chi connectivity index (χ4v) is 2.98. The van der Waals surface area contributed by atoms with E-state index in [0.29, 0.717) is 0 Å². The molecule has 4 heteroatoms. The average molecular weight is 275 g/mol. The molecule has 2 nitrogen and oxygen atoms in total. The van der Waals surface area contributed by atoms with E-state index in [0.717, 1.165) is 27.7 Å². The lowest BCUT2D eigenvalue weighted by atomic mass is 10.1. The number of thiazole rings is 1. The van der Waals surface area contributed by atoms with Gasteiger partial charge in [0.1, 0.15) is 0 Å². The van der Waals surface area contributed by atoms with Crippen molar-refractivity contribution < 1.29 is 0 Å². The lowest BCUT2D eigenvalue weighted by Gasteiger charge is -1.98. The Balaban J connectivity index is 1.92. The highest BCUT2D eigenvalue weighted by Gasteiger charge is 2.05. The molecule has 0 saturated heterocycles. The van der Waals surface area contributed by atoms with E-state index in [4.69, 9.17) is 17.3 Å². The molecule has 0 saturated carbocycles. The van der Waals surface area contributed by atoms with Crippen LogP contribution in [-0.4, -0.2) is 4.98 Å². The van der Waals surface area contributed by atoms with E-state index in [2.05, 4.69) is 4.98 Å². The Morgan fingerprint density at radius 1 is 1.11 bits per heavy atom. The van der Waals surface area contributed by atoms with Gasteiger partial charge in [-0.15, -0.1) is 11.3 Å². The molecule has 18 heavy (non-hydrogen) atoms. The van der Waals surface area contributed by atoms with Crippen molar-refractivity contribution in [3.63, 3.8) is 0 Å². The number of benzene rings is 2.